The van der Waals surface area contributed by atoms with Crippen molar-refractivity contribution in [2.75, 3.05) is 37.1 Å². The number of carbonyl (C=O) groups is 8. The normalized spacial score (nSPS) is 12.3. The summed E-state index contributed by atoms with van der Waals surface area (Å²) in [7, 11) is 0. The first-order valence-electron chi connectivity index (χ1n) is 14.9. The molecule has 4 amide bonds. The zero-order valence-electron chi connectivity index (χ0n) is 26.6. The van der Waals surface area contributed by atoms with Gasteiger partial charge in [0.25, 0.3) is 23.6 Å². The van der Waals surface area contributed by atoms with Gasteiger partial charge in [0.2, 0.25) is 0 Å². The van der Waals surface area contributed by atoms with Crippen molar-refractivity contribution in [3.05, 3.63) is 94.5 Å². The van der Waals surface area contributed by atoms with E-state index in [9.17, 15) is 38.4 Å². The summed E-state index contributed by atoms with van der Waals surface area (Å²) in [6, 6.07) is 13.8. The average molecular weight is 674 g/mol. The minimum Gasteiger partial charge on any atom is -0.462 e. The number of ether oxygens (including phenoxy) is 4. The predicted octanol–water partition coefficient (Wildman–Crippen LogP) is 3.00. The molecule has 1 aliphatic rings. The van der Waals surface area contributed by atoms with Gasteiger partial charge in [-0.05, 0) is 87.5 Å². The van der Waals surface area contributed by atoms with Crippen LogP contribution in [0.2, 0.25) is 0 Å². The highest BCUT2D eigenvalue weighted by Gasteiger charge is 2.42. The van der Waals surface area contributed by atoms with E-state index in [-0.39, 0.29) is 35.5 Å². The Kier molecular flexibility index (Phi) is 11.5. The van der Waals surface area contributed by atoms with Crippen LogP contribution in [0.3, 0.4) is 0 Å². The molecular formula is C34H31N3O12. The molecule has 0 aliphatic carbocycles. The van der Waals surface area contributed by atoms with E-state index >= 15 is 0 Å². The van der Waals surface area contributed by atoms with Gasteiger partial charge in [0, 0.05) is 11.4 Å². The zero-order chi connectivity index (χ0) is 35.7. The summed E-state index contributed by atoms with van der Waals surface area (Å²) in [6.07, 6.45) is 0. The molecule has 2 N–H and O–H groups in total. The van der Waals surface area contributed by atoms with E-state index in [0.29, 0.717) is 21.8 Å². The van der Waals surface area contributed by atoms with E-state index in [4.69, 9.17) is 18.9 Å². The van der Waals surface area contributed by atoms with Crippen LogP contribution in [0.5, 0.6) is 0 Å². The molecule has 15 nitrogen and oxygen atoms in total. The van der Waals surface area contributed by atoms with Crippen LogP contribution in [0.15, 0.2) is 66.7 Å². The summed E-state index contributed by atoms with van der Waals surface area (Å²) >= 11 is 0. The van der Waals surface area contributed by atoms with E-state index in [1.165, 1.54) is 67.6 Å². The molecule has 49 heavy (non-hydrogen) atoms. The Morgan fingerprint density at radius 1 is 0.592 bits per heavy atom. The summed E-state index contributed by atoms with van der Waals surface area (Å²) in [6.45, 7) is 3.61. The molecule has 0 saturated carbocycles. The number of hydrogen-bond acceptors (Lipinski definition) is 12. The van der Waals surface area contributed by atoms with E-state index in [0.717, 1.165) is 6.07 Å². The number of nitrogens with one attached hydrogen (secondary N) is 2. The first kappa shape index (κ1) is 35.5. The minimum atomic E-state index is -1.42. The fourth-order valence-electron chi connectivity index (χ4n) is 4.52. The molecule has 1 heterocycles. The fraction of sp³-hybridized carbons (Fsp3) is 0.235. The second-order valence-corrected chi connectivity index (χ2v) is 10.3. The van der Waals surface area contributed by atoms with Crippen molar-refractivity contribution in [1.29, 1.82) is 0 Å². The van der Waals surface area contributed by atoms with Crippen LogP contribution in [0.1, 0.15) is 72.6 Å². The Bertz CT molecular complexity index is 1800. The standard InChI is InChI=1S/C34H31N3O12/c1-4-46-32(43)20-6-11-23(12-7-20)35-27(38)17-48-31(42)19(3)37-29(40)25-15-10-22(16-26(25)30(37)41)34(45)49-18-28(39)36-24-13-8-21(9-14-24)33(44)47-5-2/h6-16,19H,4-5,17-18H2,1-3H3,(H,35,38)(H,36,39)/t19-/m1/s1. The molecule has 0 spiro atoms. The van der Waals surface area contributed by atoms with Crippen LogP contribution >= 0.6 is 0 Å². The number of fused-ring (bicyclic) bond motifs is 1. The molecule has 3 aromatic rings. The summed E-state index contributed by atoms with van der Waals surface area (Å²) < 4.78 is 19.9. The van der Waals surface area contributed by atoms with E-state index < -0.39 is 66.8 Å². The molecule has 1 atom stereocenters. The van der Waals surface area contributed by atoms with Crippen molar-refractivity contribution in [3.8, 4) is 0 Å². The Morgan fingerprint density at radius 2 is 1.02 bits per heavy atom. The maximum atomic E-state index is 13.1. The van der Waals surface area contributed by atoms with Gasteiger partial charge in [0.05, 0.1) is 41.0 Å². The second kappa shape index (κ2) is 15.9. The summed E-state index contributed by atoms with van der Waals surface area (Å²) in [5.41, 5.74) is 0.857. The van der Waals surface area contributed by atoms with Crippen LogP contribution in [0.25, 0.3) is 0 Å². The molecule has 3 aromatic carbocycles. The largest absolute Gasteiger partial charge is 0.462 e. The van der Waals surface area contributed by atoms with Gasteiger partial charge in [-0.25, -0.2) is 19.2 Å². The van der Waals surface area contributed by atoms with Crippen molar-refractivity contribution in [2.24, 2.45) is 0 Å². The quantitative estimate of drug-likeness (QED) is 0.153. The number of nitrogens with zero attached hydrogens (tertiary/aromatic N) is 1. The van der Waals surface area contributed by atoms with Crippen LogP contribution in [-0.4, -0.2) is 84.9 Å². The van der Waals surface area contributed by atoms with Crippen molar-refractivity contribution in [2.45, 2.75) is 26.8 Å². The van der Waals surface area contributed by atoms with Gasteiger partial charge < -0.3 is 29.6 Å². The highest BCUT2D eigenvalue weighted by atomic mass is 16.5. The first-order chi connectivity index (χ1) is 23.4. The van der Waals surface area contributed by atoms with Gasteiger partial charge in [0.1, 0.15) is 6.04 Å². The molecule has 0 saturated heterocycles. The van der Waals surface area contributed by atoms with Crippen LogP contribution < -0.4 is 10.6 Å². The van der Waals surface area contributed by atoms with E-state index in [1.54, 1.807) is 13.8 Å². The van der Waals surface area contributed by atoms with Crippen LogP contribution in [-0.2, 0) is 33.3 Å². The summed E-state index contributed by atoms with van der Waals surface area (Å²) in [4.78, 5) is 100. The molecule has 15 heteroatoms. The van der Waals surface area contributed by atoms with Gasteiger partial charge in [-0.15, -0.1) is 0 Å². The van der Waals surface area contributed by atoms with Gasteiger partial charge in [-0.3, -0.25) is 24.1 Å². The third-order valence-corrected chi connectivity index (χ3v) is 6.92. The number of benzene rings is 3. The number of esters is 4. The van der Waals surface area contributed by atoms with Gasteiger partial charge in [0.15, 0.2) is 13.2 Å². The SMILES string of the molecule is CCOC(=O)c1ccc(NC(=O)COC(=O)c2ccc3c(c2)C(=O)N([C@H](C)C(=O)OCC(=O)Nc2ccc(C(=O)OCC)cc2)C3=O)cc1. The van der Waals surface area contributed by atoms with Gasteiger partial charge in [-0.2, -0.15) is 0 Å². The predicted molar refractivity (Wildman–Crippen MR) is 170 cm³/mol. The highest BCUT2D eigenvalue weighted by molar-refractivity contribution is 6.23. The van der Waals surface area contributed by atoms with Crippen molar-refractivity contribution < 1.29 is 57.3 Å². The maximum absolute atomic E-state index is 13.1. The summed E-state index contributed by atoms with van der Waals surface area (Å²) in [5, 5.41) is 5.00. The van der Waals surface area contributed by atoms with Crippen molar-refractivity contribution in [3.63, 3.8) is 0 Å². The molecule has 0 aromatic heterocycles. The highest BCUT2D eigenvalue weighted by Crippen LogP contribution is 2.26. The lowest BCUT2D eigenvalue weighted by molar-refractivity contribution is -0.150. The van der Waals surface area contributed by atoms with Gasteiger partial charge in [-0.1, -0.05) is 0 Å². The Hall–Kier alpha value is -6.38. The third kappa shape index (κ3) is 8.71. The van der Waals surface area contributed by atoms with Crippen LogP contribution in [0, 0.1) is 0 Å². The third-order valence-electron chi connectivity index (χ3n) is 6.92. The second-order valence-electron chi connectivity index (χ2n) is 10.3. The van der Waals surface area contributed by atoms with Crippen molar-refractivity contribution in [1.82, 2.24) is 4.90 Å². The number of carbonyl (C=O) groups excluding carboxylic acids is 8. The molecule has 4 rings (SSSR count). The van der Waals surface area contributed by atoms with Gasteiger partial charge >= 0.3 is 23.9 Å². The topological polar surface area (TPSA) is 201 Å². The number of hydrogen-bond donors (Lipinski definition) is 2. The maximum Gasteiger partial charge on any atom is 0.338 e. The molecule has 0 bridgehead atoms. The monoisotopic (exact) mass is 673 g/mol. The Balaban J connectivity index is 1.28. The summed E-state index contributed by atoms with van der Waals surface area (Å²) in [5.74, 6) is -6.12. The fourth-order valence-corrected chi connectivity index (χ4v) is 4.52. The minimum absolute atomic E-state index is 0.0748. The van der Waals surface area contributed by atoms with Crippen molar-refractivity contribution >= 4 is 58.9 Å². The molecule has 0 radical (unpaired) electrons. The zero-order valence-corrected chi connectivity index (χ0v) is 26.6. The first-order valence-corrected chi connectivity index (χ1v) is 14.9. The number of rotatable bonds is 13. The molecule has 254 valence electrons. The van der Waals surface area contributed by atoms with E-state index in [2.05, 4.69) is 10.6 Å². The Morgan fingerprint density at radius 3 is 1.51 bits per heavy atom. The average Bonchev–Trinajstić information content (AvgIpc) is 3.34. The number of amides is 4. The lowest BCUT2D eigenvalue weighted by atomic mass is 10.1. The van der Waals surface area contributed by atoms with E-state index in [1.807, 2.05) is 0 Å². The molecule has 1 aliphatic heterocycles. The smallest absolute Gasteiger partial charge is 0.338 e. The molecule has 0 fully saturated rings. The Labute approximate surface area is 279 Å². The number of anilines is 2. The molecular weight excluding hydrogens is 642 g/mol. The lowest BCUT2D eigenvalue weighted by Gasteiger charge is -2.20. The lowest BCUT2D eigenvalue weighted by Crippen LogP contribution is -2.44. The molecule has 0 unspecified atom stereocenters. The van der Waals surface area contributed by atoms with Crippen LogP contribution in [0.4, 0.5) is 11.4 Å². The number of imide groups is 1.